The number of aryl methyl sites for hydroxylation is 1. The first-order valence-corrected chi connectivity index (χ1v) is 6.18. The highest BCUT2D eigenvalue weighted by molar-refractivity contribution is 5.46. The molecule has 2 unspecified atom stereocenters. The molecule has 0 radical (unpaired) electrons. The van der Waals surface area contributed by atoms with Gasteiger partial charge >= 0.3 is 0 Å². The maximum absolute atomic E-state index is 5.99. The Kier molecular flexibility index (Phi) is 3.97. The first kappa shape index (κ1) is 12.3. The van der Waals surface area contributed by atoms with Gasteiger partial charge in [-0.1, -0.05) is 0 Å². The molecule has 0 bridgehead atoms. The average molecular weight is 235 g/mol. The third kappa shape index (κ3) is 2.76. The maximum atomic E-state index is 5.99. The molecule has 0 aromatic carbocycles. The van der Waals surface area contributed by atoms with Gasteiger partial charge in [-0.2, -0.15) is 0 Å². The van der Waals surface area contributed by atoms with Gasteiger partial charge in [-0.15, -0.1) is 0 Å². The Morgan fingerprint density at radius 1 is 1.65 bits per heavy atom. The van der Waals surface area contributed by atoms with Crippen molar-refractivity contribution in [1.29, 1.82) is 0 Å². The number of ether oxygens (including phenoxy) is 1. The number of pyridine rings is 1. The molecule has 3 N–H and O–H groups in total. The molecule has 0 aliphatic carbocycles. The fourth-order valence-electron chi connectivity index (χ4n) is 2.53. The van der Waals surface area contributed by atoms with Crippen LogP contribution in [-0.2, 0) is 4.74 Å². The van der Waals surface area contributed by atoms with Gasteiger partial charge in [-0.3, -0.25) is 0 Å². The first-order valence-electron chi connectivity index (χ1n) is 6.18. The quantitative estimate of drug-likeness (QED) is 0.833. The molecule has 0 amide bonds. The predicted octanol–water partition coefficient (Wildman–Crippen LogP) is 1.66. The molecule has 0 spiro atoms. The summed E-state index contributed by atoms with van der Waals surface area (Å²) in [5, 5.41) is 3.35. The number of rotatable bonds is 4. The summed E-state index contributed by atoms with van der Waals surface area (Å²) in [5.41, 5.74) is 8.33. The molecule has 1 saturated heterocycles. The molecule has 4 nitrogen and oxygen atoms in total. The standard InChI is InChI=1S/C13H21N3O/c1-9-3-5-16-13(14)12(9)11(15-2)7-10-4-6-17-8-10/h3,5,10-11,15H,4,6-8H2,1-2H3,(H2,14,16). The fourth-order valence-corrected chi connectivity index (χ4v) is 2.53. The molecule has 1 fully saturated rings. The minimum absolute atomic E-state index is 0.274. The molecule has 1 aliphatic heterocycles. The lowest BCUT2D eigenvalue weighted by Gasteiger charge is -2.22. The number of nitrogens with zero attached hydrogens (tertiary/aromatic N) is 1. The summed E-state index contributed by atoms with van der Waals surface area (Å²) in [6, 6.07) is 2.29. The smallest absolute Gasteiger partial charge is 0.128 e. The largest absolute Gasteiger partial charge is 0.383 e. The highest BCUT2D eigenvalue weighted by Crippen LogP contribution is 2.30. The summed E-state index contributed by atoms with van der Waals surface area (Å²) in [4.78, 5) is 4.19. The predicted molar refractivity (Wildman–Crippen MR) is 68.7 cm³/mol. The molecule has 2 heterocycles. The Bertz CT molecular complexity index is 355. The molecule has 17 heavy (non-hydrogen) atoms. The molecule has 1 aromatic rings. The van der Waals surface area contributed by atoms with Crippen LogP contribution < -0.4 is 11.1 Å². The monoisotopic (exact) mass is 235 g/mol. The molecule has 1 aliphatic rings. The lowest BCUT2D eigenvalue weighted by molar-refractivity contribution is 0.181. The van der Waals surface area contributed by atoms with E-state index in [2.05, 4.69) is 17.2 Å². The van der Waals surface area contributed by atoms with Gasteiger partial charge in [0.25, 0.3) is 0 Å². The molecule has 2 atom stereocenters. The number of hydrogen-bond donors (Lipinski definition) is 2. The minimum Gasteiger partial charge on any atom is -0.383 e. The Morgan fingerprint density at radius 3 is 3.06 bits per heavy atom. The molecular weight excluding hydrogens is 214 g/mol. The molecular formula is C13H21N3O. The van der Waals surface area contributed by atoms with Crippen molar-refractivity contribution in [2.45, 2.75) is 25.8 Å². The topological polar surface area (TPSA) is 60.2 Å². The Balaban J connectivity index is 2.16. The SMILES string of the molecule is CNC(CC1CCOC1)c1c(C)ccnc1N. The third-order valence-corrected chi connectivity index (χ3v) is 3.53. The van der Waals surface area contributed by atoms with E-state index in [4.69, 9.17) is 10.5 Å². The Labute approximate surface area is 103 Å². The van der Waals surface area contributed by atoms with Crippen LogP contribution in [0.15, 0.2) is 12.3 Å². The van der Waals surface area contributed by atoms with E-state index >= 15 is 0 Å². The number of hydrogen-bond acceptors (Lipinski definition) is 4. The van der Waals surface area contributed by atoms with Gasteiger partial charge in [-0.25, -0.2) is 4.98 Å². The number of nitrogens with one attached hydrogen (secondary N) is 1. The third-order valence-electron chi connectivity index (χ3n) is 3.53. The summed E-state index contributed by atoms with van der Waals surface area (Å²) < 4.78 is 5.42. The van der Waals surface area contributed by atoms with Gasteiger partial charge in [0.15, 0.2) is 0 Å². The summed E-state index contributed by atoms with van der Waals surface area (Å²) in [6.07, 6.45) is 3.98. The Morgan fingerprint density at radius 2 is 2.47 bits per heavy atom. The zero-order valence-corrected chi connectivity index (χ0v) is 10.6. The Hall–Kier alpha value is -1.13. The summed E-state index contributed by atoms with van der Waals surface area (Å²) >= 11 is 0. The van der Waals surface area contributed by atoms with Gasteiger partial charge in [-0.05, 0) is 44.4 Å². The lowest BCUT2D eigenvalue weighted by atomic mass is 9.92. The van der Waals surface area contributed by atoms with E-state index in [0.717, 1.165) is 31.6 Å². The number of anilines is 1. The fraction of sp³-hybridized carbons (Fsp3) is 0.615. The minimum atomic E-state index is 0.274. The number of aromatic nitrogens is 1. The van der Waals surface area contributed by atoms with E-state index in [1.54, 1.807) is 6.20 Å². The summed E-state index contributed by atoms with van der Waals surface area (Å²) in [7, 11) is 1.98. The first-order chi connectivity index (χ1) is 8.22. The van der Waals surface area contributed by atoms with E-state index < -0.39 is 0 Å². The molecule has 94 valence electrons. The van der Waals surface area contributed by atoms with Crippen molar-refractivity contribution in [2.75, 3.05) is 26.0 Å². The summed E-state index contributed by atoms with van der Waals surface area (Å²) in [5.74, 6) is 1.27. The van der Waals surface area contributed by atoms with E-state index in [1.807, 2.05) is 13.1 Å². The lowest BCUT2D eigenvalue weighted by Crippen LogP contribution is -2.22. The van der Waals surface area contributed by atoms with Gasteiger partial charge in [0, 0.05) is 31.0 Å². The molecule has 0 saturated carbocycles. The van der Waals surface area contributed by atoms with Crippen LogP contribution in [0.3, 0.4) is 0 Å². The van der Waals surface area contributed by atoms with Crippen LogP contribution in [0.4, 0.5) is 5.82 Å². The van der Waals surface area contributed by atoms with Crippen molar-refractivity contribution >= 4 is 5.82 Å². The van der Waals surface area contributed by atoms with Crippen LogP contribution in [0.1, 0.15) is 30.0 Å². The van der Waals surface area contributed by atoms with Crippen LogP contribution in [-0.4, -0.2) is 25.2 Å². The van der Waals surface area contributed by atoms with E-state index in [1.165, 1.54) is 5.56 Å². The van der Waals surface area contributed by atoms with Crippen molar-refractivity contribution < 1.29 is 4.74 Å². The molecule has 4 heteroatoms. The van der Waals surface area contributed by atoms with Crippen molar-refractivity contribution in [3.8, 4) is 0 Å². The van der Waals surface area contributed by atoms with Crippen LogP contribution in [0, 0.1) is 12.8 Å². The van der Waals surface area contributed by atoms with Crippen LogP contribution in [0.5, 0.6) is 0 Å². The second kappa shape index (κ2) is 5.47. The van der Waals surface area contributed by atoms with Crippen molar-refractivity contribution in [3.05, 3.63) is 23.4 Å². The highest BCUT2D eigenvalue weighted by Gasteiger charge is 2.23. The van der Waals surface area contributed by atoms with Crippen molar-refractivity contribution in [3.63, 3.8) is 0 Å². The molecule has 1 aromatic heterocycles. The highest BCUT2D eigenvalue weighted by atomic mass is 16.5. The number of nitrogen functional groups attached to an aromatic ring is 1. The van der Waals surface area contributed by atoms with Crippen molar-refractivity contribution in [1.82, 2.24) is 10.3 Å². The van der Waals surface area contributed by atoms with Gasteiger partial charge in [0.05, 0.1) is 0 Å². The van der Waals surface area contributed by atoms with E-state index in [0.29, 0.717) is 11.7 Å². The van der Waals surface area contributed by atoms with Gasteiger partial charge in [0.2, 0.25) is 0 Å². The van der Waals surface area contributed by atoms with E-state index in [-0.39, 0.29) is 6.04 Å². The average Bonchev–Trinajstić information content (AvgIpc) is 2.80. The summed E-state index contributed by atoms with van der Waals surface area (Å²) in [6.45, 7) is 3.85. The van der Waals surface area contributed by atoms with E-state index in [9.17, 15) is 0 Å². The second-order valence-electron chi connectivity index (χ2n) is 4.73. The van der Waals surface area contributed by atoms with Crippen LogP contribution in [0.25, 0.3) is 0 Å². The maximum Gasteiger partial charge on any atom is 0.128 e. The van der Waals surface area contributed by atoms with Gasteiger partial charge < -0.3 is 15.8 Å². The second-order valence-corrected chi connectivity index (χ2v) is 4.73. The molecule has 2 rings (SSSR count). The van der Waals surface area contributed by atoms with Crippen molar-refractivity contribution in [2.24, 2.45) is 5.92 Å². The van der Waals surface area contributed by atoms with Gasteiger partial charge in [0.1, 0.15) is 5.82 Å². The number of nitrogens with two attached hydrogens (primary N) is 1. The zero-order valence-electron chi connectivity index (χ0n) is 10.6. The van der Waals surface area contributed by atoms with Crippen LogP contribution >= 0.6 is 0 Å². The normalized spacial score (nSPS) is 21.6. The van der Waals surface area contributed by atoms with Crippen LogP contribution in [0.2, 0.25) is 0 Å². The zero-order chi connectivity index (χ0) is 12.3.